The van der Waals surface area contributed by atoms with Gasteiger partial charge in [0, 0.05) is 22.7 Å². The van der Waals surface area contributed by atoms with Crippen molar-refractivity contribution in [2.24, 2.45) is 4.99 Å². The second-order valence-electron chi connectivity index (χ2n) is 5.23. The van der Waals surface area contributed by atoms with Gasteiger partial charge in [-0.2, -0.15) is 11.8 Å². The molecule has 2 unspecified atom stereocenters. The maximum atomic E-state index is 4.73. The standard InChI is InChI=1S/C15H25N3S2/c1-4-16-15(17-10-14-11(2)7-8-20-14)18-12-5-6-13(9-12)19-3/h7-8,12-13H,4-6,9-10H2,1-3H3,(H2,16,17,18). The number of aliphatic imine (C=N–C) groups is 1. The summed E-state index contributed by atoms with van der Waals surface area (Å²) in [6.07, 6.45) is 6.05. The fraction of sp³-hybridized carbons (Fsp3) is 0.667. The van der Waals surface area contributed by atoms with Crippen LogP contribution in [-0.4, -0.2) is 30.1 Å². The summed E-state index contributed by atoms with van der Waals surface area (Å²) < 4.78 is 0. The molecular formula is C15H25N3S2. The highest BCUT2D eigenvalue weighted by Crippen LogP contribution is 2.28. The predicted molar refractivity (Wildman–Crippen MR) is 91.9 cm³/mol. The molecule has 2 N–H and O–H groups in total. The van der Waals surface area contributed by atoms with Crippen molar-refractivity contribution in [3.05, 3.63) is 21.9 Å². The summed E-state index contributed by atoms with van der Waals surface area (Å²) in [4.78, 5) is 6.09. The van der Waals surface area contributed by atoms with E-state index in [2.05, 4.69) is 42.2 Å². The molecule has 0 amide bonds. The van der Waals surface area contributed by atoms with Gasteiger partial charge < -0.3 is 10.6 Å². The maximum absolute atomic E-state index is 4.73. The molecule has 2 rings (SSSR count). The van der Waals surface area contributed by atoms with Gasteiger partial charge in [0.1, 0.15) is 0 Å². The lowest BCUT2D eigenvalue weighted by Crippen LogP contribution is -2.42. The smallest absolute Gasteiger partial charge is 0.191 e. The third-order valence-corrected chi connectivity index (χ3v) is 5.85. The van der Waals surface area contributed by atoms with Crippen molar-refractivity contribution < 1.29 is 0 Å². The van der Waals surface area contributed by atoms with E-state index in [1.165, 1.54) is 29.7 Å². The first-order chi connectivity index (χ1) is 9.72. The zero-order valence-corrected chi connectivity index (χ0v) is 14.2. The lowest BCUT2D eigenvalue weighted by molar-refractivity contribution is 0.615. The average Bonchev–Trinajstić information content (AvgIpc) is 3.05. The van der Waals surface area contributed by atoms with Crippen molar-refractivity contribution >= 4 is 29.1 Å². The summed E-state index contributed by atoms with van der Waals surface area (Å²) in [6.45, 7) is 5.96. The van der Waals surface area contributed by atoms with Gasteiger partial charge >= 0.3 is 0 Å². The van der Waals surface area contributed by atoms with Crippen LogP contribution in [0.5, 0.6) is 0 Å². The highest BCUT2D eigenvalue weighted by molar-refractivity contribution is 7.99. The number of rotatable bonds is 5. The van der Waals surface area contributed by atoms with Crippen LogP contribution in [-0.2, 0) is 6.54 Å². The Kier molecular flexibility index (Phi) is 6.23. The molecule has 0 saturated heterocycles. The second kappa shape index (κ2) is 7.93. The highest BCUT2D eigenvalue weighted by Gasteiger charge is 2.24. The van der Waals surface area contributed by atoms with Gasteiger partial charge in [0.25, 0.3) is 0 Å². The van der Waals surface area contributed by atoms with Gasteiger partial charge in [-0.1, -0.05) is 0 Å². The molecule has 0 spiro atoms. The van der Waals surface area contributed by atoms with Crippen molar-refractivity contribution in [2.45, 2.75) is 50.9 Å². The summed E-state index contributed by atoms with van der Waals surface area (Å²) in [5, 5.41) is 9.91. The molecule has 2 atom stereocenters. The molecule has 0 radical (unpaired) electrons. The molecule has 0 aliphatic heterocycles. The number of nitrogens with zero attached hydrogens (tertiary/aromatic N) is 1. The molecule has 1 heterocycles. The fourth-order valence-corrected chi connectivity index (χ4v) is 4.14. The highest BCUT2D eigenvalue weighted by atomic mass is 32.2. The SMILES string of the molecule is CCNC(=NCc1sccc1C)NC1CCC(SC)C1. The van der Waals surface area contributed by atoms with Crippen LogP contribution in [0, 0.1) is 6.92 Å². The van der Waals surface area contributed by atoms with Crippen LogP contribution in [0.25, 0.3) is 0 Å². The Bertz CT molecular complexity index is 442. The molecule has 112 valence electrons. The van der Waals surface area contributed by atoms with Crippen LogP contribution in [0.1, 0.15) is 36.6 Å². The number of thioether (sulfide) groups is 1. The van der Waals surface area contributed by atoms with Crippen LogP contribution in [0.15, 0.2) is 16.4 Å². The van der Waals surface area contributed by atoms with E-state index < -0.39 is 0 Å². The van der Waals surface area contributed by atoms with Crippen LogP contribution in [0.3, 0.4) is 0 Å². The minimum atomic E-state index is 0.578. The number of thiophene rings is 1. The third-order valence-electron chi connectivity index (χ3n) is 3.75. The van der Waals surface area contributed by atoms with Gasteiger partial charge in [0.2, 0.25) is 0 Å². The lowest BCUT2D eigenvalue weighted by Gasteiger charge is -2.17. The normalized spacial score (nSPS) is 23.1. The summed E-state index contributed by atoms with van der Waals surface area (Å²) in [6, 6.07) is 2.74. The first kappa shape index (κ1) is 15.7. The number of hydrogen-bond acceptors (Lipinski definition) is 3. The Hall–Kier alpha value is -0.680. The van der Waals surface area contributed by atoms with Gasteiger partial charge in [-0.15, -0.1) is 11.3 Å². The van der Waals surface area contributed by atoms with Crippen LogP contribution < -0.4 is 10.6 Å². The maximum Gasteiger partial charge on any atom is 0.191 e. The van der Waals surface area contributed by atoms with Crippen molar-refractivity contribution in [3.8, 4) is 0 Å². The fourth-order valence-electron chi connectivity index (χ4n) is 2.52. The summed E-state index contributed by atoms with van der Waals surface area (Å²) in [7, 11) is 0. The zero-order chi connectivity index (χ0) is 14.4. The molecule has 3 nitrogen and oxygen atoms in total. The first-order valence-corrected chi connectivity index (χ1v) is 9.50. The van der Waals surface area contributed by atoms with E-state index in [4.69, 9.17) is 4.99 Å². The third kappa shape index (κ3) is 4.42. The summed E-state index contributed by atoms with van der Waals surface area (Å²) in [5.41, 5.74) is 1.35. The van der Waals surface area contributed by atoms with Gasteiger partial charge in [0.05, 0.1) is 6.54 Å². The molecule has 0 aromatic carbocycles. The zero-order valence-electron chi connectivity index (χ0n) is 12.6. The Balaban J connectivity index is 1.91. The Morgan fingerprint density at radius 2 is 2.35 bits per heavy atom. The quantitative estimate of drug-likeness (QED) is 0.646. The van der Waals surface area contributed by atoms with E-state index in [1.807, 2.05) is 11.8 Å². The first-order valence-electron chi connectivity index (χ1n) is 7.33. The van der Waals surface area contributed by atoms with Gasteiger partial charge in [-0.3, -0.25) is 0 Å². The van der Waals surface area contributed by atoms with Gasteiger partial charge in [-0.25, -0.2) is 4.99 Å². The predicted octanol–water partition coefficient (Wildman–Crippen LogP) is 3.40. The molecule has 0 bridgehead atoms. The van der Waals surface area contributed by atoms with Crippen LogP contribution in [0.2, 0.25) is 0 Å². The van der Waals surface area contributed by atoms with Crippen LogP contribution in [0.4, 0.5) is 0 Å². The molecular weight excluding hydrogens is 286 g/mol. The number of nitrogens with one attached hydrogen (secondary N) is 2. The Labute approximate surface area is 130 Å². The van der Waals surface area contributed by atoms with Crippen molar-refractivity contribution in [2.75, 3.05) is 12.8 Å². The van der Waals surface area contributed by atoms with Crippen molar-refractivity contribution in [1.29, 1.82) is 0 Å². The molecule has 1 aliphatic carbocycles. The van der Waals surface area contributed by atoms with E-state index in [-0.39, 0.29) is 0 Å². The van der Waals surface area contributed by atoms with Crippen LogP contribution >= 0.6 is 23.1 Å². The van der Waals surface area contributed by atoms with E-state index in [0.29, 0.717) is 6.04 Å². The van der Waals surface area contributed by atoms with E-state index in [0.717, 1.165) is 24.3 Å². The molecule has 1 aliphatic rings. The summed E-state index contributed by atoms with van der Waals surface area (Å²) in [5.74, 6) is 0.965. The lowest BCUT2D eigenvalue weighted by atomic mass is 10.2. The topological polar surface area (TPSA) is 36.4 Å². The average molecular weight is 312 g/mol. The molecule has 1 fully saturated rings. The molecule has 5 heteroatoms. The van der Waals surface area contributed by atoms with E-state index in [9.17, 15) is 0 Å². The summed E-state index contributed by atoms with van der Waals surface area (Å²) >= 11 is 3.78. The van der Waals surface area contributed by atoms with E-state index in [1.54, 1.807) is 11.3 Å². The molecule has 1 aromatic rings. The Morgan fingerprint density at radius 1 is 1.50 bits per heavy atom. The second-order valence-corrected chi connectivity index (χ2v) is 7.37. The number of guanidine groups is 1. The Morgan fingerprint density at radius 3 is 2.95 bits per heavy atom. The minimum absolute atomic E-state index is 0.578. The largest absolute Gasteiger partial charge is 0.357 e. The van der Waals surface area contributed by atoms with Crippen molar-refractivity contribution in [1.82, 2.24) is 10.6 Å². The molecule has 1 saturated carbocycles. The van der Waals surface area contributed by atoms with Gasteiger partial charge in [-0.05, 0) is 56.4 Å². The van der Waals surface area contributed by atoms with Gasteiger partial charge in [0.15, 0.2) is 5.96 Å². The molecule has 20 heavy (non-hydrogen) atoms. The monoisotopic (exact) mass is 311 g/mol. The van der Waals surface area contributed by atoms with Crippen molar-refractivity contribution in [3.63, 3.8) is 0 Å². The van der Waals surface area contributed by atoms with E-state index >= 15 is 0 Å². The number of hydrogen-bond donors (Lipinski definition) is 2. The number of aryl methyl sites for hydroxylation is 1. The molecule has 1 aromatic heterocycles. The minimum Gasteiger partial charge on any atom is -0.357 e.